The van der Waals surface area contributed by atoms with Gasteiger partial charge in [0.1, 0.15) is 34.8 Å². The minimum Gasteiger partial charge on any atom is -0.370 e. The maximum Gasteiger partial charge on any atom is 0.149 e. The normalized spacial score (nSPS) is 10.4. The Balaban J connectivity index is 2.43. The van der Waals surface area contributed by atoms with Gasteiger partial charge in [-0.3, -0.25) is 0 Å². The average Bonchev–Trinajstić information content (AvgIpc) is 2.39. The molecular formula is C14H16F2N4. The molecule has 0 aliphatic heterocycles. The van der Waals surface area contributed by atoms with Crippen LogP contribution in [0.3, 0.4) is 0 Å². The molecule has 106 valence electrons. The average molecular weight is 278 g/mol. The van der Waals surface area contributed by atoms with Crippen molar-refractivity contribution in [1.82, 2.24) is 9.97 Å². The lowest BCUT2D eigenvalue weighted by atomic mass is 10.2. The van der Waals surface area contributed by atoms with E-state index in [-0.39, 0.29) is 5.69 Å². The quantitative estimate of drug-likeness (QED) is 0.898. The van der Waals surface area contributed by atoms with Crippen molar-refractivity contribution in [3.63, 3.8) is 0 Å². The summed E-state index contributed by atoms with van der Waals surface area (Å²) >= 11 is 0. The second kappa shape index (κ2) is 5.81. The number of nitrogens with one attached hydrogen (secondary N) is 2. The van der Waals surface area contributed by atoms with Crippen molar-refractivity contribution in [2.75, 3.05) is 17.2 Å². The molecule has 2 N–H and O–H groups in total. The number of aryl methyl sites for hydroxylation is 1. The molecule has 1 aromatic heterocycles. The van der Waals surface area contributed by atoms with Crippen LogP contribution >= 0.6 is 0 Å². The Morgan fingerprint density at radius 1 is 1.05 bits per heavy atom. The molecule has 6 heteroatoms. The zero-order valence-corrected chi connectivity index (χ0v) is 11.6. The van der Waals surface area contributed by atoms with E-state index in [0.717, 1.165) is 0 Å². The molecule has 4 nitrogen and oxygen atoms in total. The third kappa shape index (κ3) is 2.84. The number of rotatable bonds is 4. The highest BCUT2D eigenvalue weighted by Gasteiger charge is 2.13. The molecule has 0 saturated carbocycles. The molecule has 1 aromatic carbocycles. The summed E-state index contributed by atoms with van der Waals surface area (Å²) in [5.41, 5.74) is 0.497. The number of hydrogen-bond acceptors (Lipinski definition) is 4. The van der Waals surface area contributed by atoms with E-state index >= 15 is 0 Å². The fourth-order valence-corrected chi connectivity index (χ4v) is 1.83. The van der Waals surface area contributed by atoms with Crippen molar-refractivity contribution in [1.29, 1.82) is 0 Å². The SMILES string of the molecule is CCNc1nc(C)nc(Nc2c(F)cccc2F)c1C. The van der Waals surface area contributed by atoms with Crippen LogP contribution in [-0.2, 0) is 0 Å². The number of anilines is 3. The van der Waals surface area contributed by atoms with Crippen molar-refractivity contribution >= 4 is 17.3 Å². The van der Waals surface area contributed by atoms with Crippen LogP contribution in [0, 0.1) is 25.5 Å². The summed E-state index contributed by atoms with van der Waals surface area (Å²) in [7, 11) is 0. The van der Waals surface area contributed by atoms with Crippen LogP contribution in [0.5, 0.6) is 0 Å². The Morgan fingerprint density at radius 2 is 1.65 bits per heavy atom. The van der Waals surface area contributed by atoms with E-state index < -0.39 is 11.6 Å². The van der Waals surface area contributed by atoms with E-state index in [2.05, 4.69) is 20.6 Å². The number of nitrogens with zero attached hydrogens (tertiary/aromatic N) is 2. The first-order valence-corrected chi connectivity index (χ1v) is 6.33. The molecule has 0 spiro atoms. The summed E-state index contributed by atoms with van der Waals surface area (Å²) < 4.78 is 27.3. The molecule has 0 radical (unpaired) electrons. The van der Waals surface area contributed by atoms with Crippen LogP contribution in [0.25, 0.3) is 0 Å². The fourth-order valence-electron chi connectivity index (χ4n) is 1.83. The molecule has 0 unspecified atom stereocenters. The van der Waals surface area contributed by atoms with E-state index in [0.29, 0.717) is 29.6 Å². The number of hydrogen-bond donors (Lipinski definition) is 2. The van der Waals surface area contributed by atoms with Crippen LogP contribution in [0.2, 0.25) is 0 Å². The first kappa shape index (κ1) is 14.2. The fraction of sp³-hybridized carbons (Fsp3) is 0.286. The van der Waals surface area contributed by atoms with Gasteiger partial charge >= 0.3 is 0 Å². The molecule has 0 bridgehead atoms. The summed E-state index contributed by atoms with van der Waals surface area (Å²) in [5, 5.41) is 5.80. The van der Waals surface area contributed by atoms with Gasteiger partial charge in [-0.15, -0.1) is 0 Å². The van der Waals surface area contributed by atoms with E-state index in [1.807, 2.05) is 6.92 Å². The summed E-state index contributed by atoms with van der Waals surface area (Å²) in [6.45, 7) is 6.16. The van der Waals surface area contributed by atoms with Gasteiger partial charge in [-0.05, 0) is 32.9 Å². The first-order chi connectivity index (χ1) is 9.52. The molecule has 1 heterocycles. The predicted octanol–water partition coefficient (Wildman–Crippen LogP) is 3.55. The smallest absolute Gasteiger partial charge is 0.149 e. The highest BCUT2D eigenvalue weighted by atomic mass is 19.1. The molecular weight excluding hydrogens is 262 g/mol. The van der Waals surface area contributed by atoms with Crippen molar-refractivity contribution in [3.8, 4) is 0 Å². The molecule has 0 aliphatic rings. The highest BCUT2D eigenvalue weighted by molar-refractivity contribution is 5.65. The standard InChI is InChI=1S/C14H16F2N4/c1-4-17-13-8(2)14(19-9(3)18-13)20-12-10(15)6-5-7-11(12)16/h5-7H,4H2,1-3H3,(H2,17,18,19,20). The number of aromatic nitrogens is 2. The molecule has 0 saturated heterocycles. The zero-order valence-electron chi connectivity index (χ0n) is 11.6. The summed E-state index contributed by atoms with van der Waals surface area (Å²) in [4.78, 5) is 8.46. The van der Waals surface area contributed by atoms with Gasteiger partial charge in [-0.25, -0.2) is 18.7 Å². The molecule has 0 aliphatic carbocycles. The minimum absolute atomic E-state index is 0.212. The second-order valence-electron chi connectivity index (χ2n) is 4.35. The van der Waals surface area contributed by atoms with Crippen molar-refractivity contribution in [2.45, 2.75) is 20.8 Å². The predicted molar refractivity (Wildman–Crippen MR) is 75.3 cm³/mol. The molecule has 20 heavy (non-hydrogen) atoms. The Hall–Kier alpha value is -2.24. The Labute approximate surface area is 116 Å². The van der Waals surface area contributed by atoms with Gasteiger partial charge < -0.3 is 10.6 Å². The lowest BCUT2D eigenvalue weighted by Crippen LogP contribution is -2.08. The van der Waals surface area contributed by atoms with Crippen molar-refractivity contribution < 1.29 is 8.78 Å². The first-order valence-electron chi connectivity index (χ1n) is 6.33. The topological polar surface area (TPSA) is 49.8 Å². The maximum atomic E-state index is 13.7. The summed E-state index contributed by atoms with van der Waals surface area (Å²) in [6.07, 6.45) is 0. The summed E-state index contributed by atoms with van der Waals surface area (Å²) in [5.74, 6) is 0.235. The number of para-hydroxylation sites is 1. The van der Waals surface area contributed by atoms with Gasteiger partial charge in [-0.2, -0.15) is 0 Å². The molecule has 2 aromatic rings. The van der Waals surface area contributed by atoms with Gasteiger partial charge in [0.25, 0.3) is 0 Å². The molecule has 2 rings (SSSR count). The Bertz CT molecular complexity index is 609. The van der Waals surface area contributed by atoms with Crippen molar-refractivity contribution in [3.05, 3.63) is 41.2 Å². The lowest BCUT2D eigenvalue weighted by molar-refractivity contribution is 0.590. The van der Waals surface area contributed by atoms with Crippen LogP contribution < -0.4 is 10.6 Å². The third-order valence-electron chi connectivity index (χ3n) is 2.81. The Kier molecular flexibility index (Phi) is 4.12. The van der Waals surface area contributed by atoms with E-state index in [9.17, 15) is 8.78 Å². The van der Waals surface area contributed by atoms with E-state index in [1.165, 1.54) is 18.2 Å². The van der Waals surface area contributed by atoms with E-state index in [4.69, 9.17) is 0 Å². The van der Waals surface area contributed by atoms with Crippen LogP contribution in [0.15, 0.2) is 18.2 Å². The molecule has 0 fully saturated rings. The van der Waals surface area contributed by atoms with Gasteiger partial charge in [0.15, 0.2) is 0 Å². The highest BCUT2D eigenvalue weighted by Crippen LogP contribution is 2.26. The molecule has 0 atom stereocenters. The van der Waals surface area contributed by atoms with Crippen LogP contribution in [0.1, 0.15) is 18.3 Å². The van der Waals surface area contributed by atoms with Gasteiger partial charge in [0, 0.05) is 12.1 Å². The number of halogens is 2. The third-order valence-corrected chi connectivity index (χ3v) is 2.81. The maximum absolute atomic E-state index is 13.7. The molecule has 0 amide bonds. The minimum atomic E-state index is -0.661. The lowest BCUT2D eigenvalue weighted by Gasteiger charge is -2.14. The van der Waals surface area contributed by atoms with Crippen LogP contribution in [-0.4, -0.2) is 16.5 Å². The van der Waals surface area contributed by atoms with Crippen LogP contribution in [0.4, 0.5) is 26.1 Å². The monoisotopic (exact) mass is 278 g/mol. The van der Waals surface area contributed by atoms with Gasteiger partial charge in [0.2, 0.25) is 0 Å². The van der Waals surface area contributed by atoms with E-state index in [1.54, 1.807) is 13.8 Å². The zero-order chi connectivity index (χ0) is 14.7. The second-order valence-corrected chi connectivity index (χ2v) is 4.35. The largest absolute Gasteiger partial charge is 0.370 e. The Morgan fingerprint density at radius 3 is 2.25 bits per heavy atom. The van der Waals surface area contributed by atoms with Crippen molar-refractivity contribution in [2.24, 2.45) is 0 Å². The summed E-state index contributed by atoms with van der Waals surface area (Å²) in [6, 6.07) is 3.71. The van der Waals surface area contributed by atoms with Gasteiger partial charge in [-0.1, -0.05) is 6.07 Å². The number of benzene rings is 1. The van der Waals surface area contributed by atoms with Gasteiger partial charge in [0.05, 0.1) is 0 Å².